The molecule has 2 amide bonds. The van der Waals surface area contributed by atoms with Gasteiger partial charge < -0.3 is 9.47 Å². The molecule has 1 aliphatic rings. The Morgan fingerprint density at radius 3 is 1.91 bits per heavy atom. The van der Waals surface area contributed by atoms with E-state index in [4.69, 9.17) is 9.47 Å². The number of benzene rings is 1. The van der Waals surface area contributed by atoms with Crippen LogP contribution in [0.1, 0.15) is 0 Å². The lowest BCUT2D eigenvalue weighted by Crippen LogP contribution is -2.29. The van der Waals surface area contributed by atoms with E-state index >= 15 is 0 Å². The first-order chi connectivity index (χ1) is 10.9. The van der Waals surface area contributed by atoms with Crippen molar-refractivity contribution in [3.63, 3.8) is 0 Å². The van der Waals surface area contributed by atoms with Gasteiger partial charge in [-0.3, -0.25) is 9.59 Å². The molecule has 1 aromatic rings. The lowest BCUT2D eigenvalue weighted by atomic mass is 10.2. The van der Waals surface area contributed by atoms with Crippen LogP contribution in [0.25, 0.3) is 0 Å². The molecule has 9 heteroatoms. The summed E-state index contributed by atoms with van der Waals surface area (Å²) in [4.78, 5) is 24.0. The summed E-state index contributed by atoms with van der Waals surface area (Å²) in [6, 6.07) is 3.53. The Kier molecular flexibility index (Phi) is 5.20. The molecule has 0 radical (unpaired) electrons. The van der Waals surface area contributed by atoms with Gasteiger partial charge in [0, 0.05) is 18.2 Å². The second-order valence-electron chi connectivity index (χ2n) is 4.38. The number of hydrogen-bond acceptors (Lipinski definition) is 4. The van der Waals surface area contributed by atoms with Crippen LogP contribution in [-0.4, -0.2) is 37.9 Å². The Labute approximate surface area is 128 Å². The topological polar surface area (TPSA) is 55.8 Å². The summed E-state index contributed by atoms with van der Waals surface area (Å²) in [6.45, 7) is -1.94. The van der Waals surface area contributed by atoms with Crippen LogP contribution < -0.4 is 14.4 Å². The zero-order chi connectivity index (χ0) is 17.0. The van der Waals surface area contributed by atoms with E-state index in [1.807, 2.05) is 0 Å². The third kappa shape index (κ3) is 4.21. The van der Waals surface area contributed by atoms with Crippen molar-refractivity contribution in [3.8, 4) is 11.5 Å². The van der Waals surface area contributed by atoms with E-state index in [0.29, 0.717) is 0 Å². The van der Waals surface area contributed by atoms with Crippen LogP contribution in [0.2, 0.25) is 0 Å². The van der Waals surface area contributed by atoms with E-state index < -0.39 is 37.9 Å². The first-order valence-electron chi connectivity index (χ1n) is 6.40. The number of carbonyl (C=O) groups is 2. The number of carbonyl (C=O) groups excluding carboxylic acids is 2. The van der Waals surface area contributed by atoms with Gasteiger partial charge in [0.15, 0.2) is 11.5 Å². The number of rotatable bonds is 7. The molecule has 0 spiro atoms. The predicted octanol–water partition coefficient (Wildman–Crippen LogP) is 2.40. The molecule has 124 valence electrons. The van der Waals surface area contributed by atoms with Gasteiger partial charge in [-0.05, 0) is 12.1 Å². The maximum Gasteiger partial charge on any atom is 0.272 e. The average Bonchev–Trinajstić information content (AvgIpc) is 2.82. The quantitative estimate of drug-likeness (QED) is 0.568. The summed E-state index contributed by atoms with van der Waals surface area (Å²) < 4.78 is 58.5. The van der Waals surface area contributed by atoms with Crippen molar-refractivity contribution in [1.82, 2.24) is 0 Å². The number of ether oxygens (including phenoxy) is 2. The minimum absolute atomic E-state index is 0.0543. The van der Waals surface area contributed by atoms with E-state index in [2.05, 4.69) is 0 Å². The first kappa shape index (κ1) is 16.8. The largest absolute Gasteiger partial charge is 0.484 e. The summed E-state index contributed by atoms with van der Waals surface area (Å²) in [5.41, 5.74) is 0.0543. The molecule has 1 aromatic carbocycles. The van der Waals surface area contributed by atoms with Gasteiger partial charge >= 0.3 is 0 Å². The molecular formula is C14H11F4NO4. The van der Waals surface area contributed by atoms with Crippen LogP contribution in [0.5, 0.6) is 11.5 Å². The number of nitrogens with zero attached hydrogens (tertiary/aromatic N) is 1. The van der Waals surface area contributed by atoms with E-state index in [1.54, 1.807) is 0 Å². The SMILES string of the molecule is O=C1C=CC(=O)N1c1ccc(OCC(F)F)c(OCC(F)F)c1. The summed E-state index contributed by atoms with van der Waals surface area (Å²) >= 11 is 0. The Bertz CT molecular complexity index is 615. The average molecular weight is 333 g/mol. The van der Waals surface area contributed by atoms with Gasteiger partial charge in [-0.15, -0.1) is 0 Å². The van der Waals surface area contributed by atoms with Crippen molar-refractivity contribution in [2.75, 3.05) is 18.1 Å². The molecule has 0 unspecified atom stereocenters. The second kappa shape index (κ2) is 7.12. The van der Waals surface area contributed by atoms with Crippen LogP contribution in [0.4, 0.5) is 23.2 Å². The molecule has 0 aliphatic carbocycles. The maximum absolute atomic E-state index is 12.3. The molecule has 0 fully saturated rings. The Morgan fingerprint density at radius 1 is 0.870 bits per heavy atom. The van der Waals surface area contributed by atoms with Gasteiger partial charge in [0.2, 0.25) is 0 Å². The molecule has 5 nitrogen and oxygen atoms in total. The first-order valence-corrected chi connectivity index (χ1v) is 6.40. The number of alkyl halides is 4. The Balaban J connectivity index is 2.26. The normalized spacial score (nSPS) is 14.3. The highest BCUT2D eigenvalue weighted by Crippen LogP contribution is 2.33. The lowest BCUT2D eigenvalue weighted by Gasteiger charge is -2.18. The molecule has 23 heavy (non-hydrogen) atoms. The van der Waals surface area contributed by atoms with E-state index in [9.17, 15) is 27.2 Å². The zero-order valence-electron chi connectivity index (χ0n) is 11.5. The van der Waals surface area contributed by atoms with Gasteiger partial charge in [0.05, 0.1) is 5.69 Å². The number of imide groups is 1. The van der Waals surface area contributed by atoms with Crippen LogP contribution in [0.3, 0.4) is 0 Å². The van der Waals surface area contributed by atoms with Crippen molar-refractivity contribution in [2.24, 2.45) is 0 Å². The smallest absolute Gasteiger partial charge is 0.272 e. The highest BCUT2D eigenvalue weighted by Gasteiger charge is 2.26. The van der Waals surface area contributed by atoms with Gasteiger partial charge in [-0.2, -0.15) is 0 Å². The summed E-state index contributed by atoms with van der Waals surface area (Å²) in [5, 5.41) is 0. The van der Waals surface area contributed by atoms with Crippen molar-refractivity contribution >= 4 is 17.5 Å². The van der Waals surface area contributed by atoms with Crippen molar-refractivity contribution in [3.05, 3.63) is 30.4 Å². The standard InChI is InChI=1S/C14H11F4NO4/c15-11(16)6-22-9-2-1-8(5-10(9)23-7-12(17)18)19-13(20)3-4-14(19)21/h1-5,11-12H,6-7H2. The van der Waals surface area contributed by atoms with Gasteiger partial charge in [-0.1, -0.05) is 0 Å². The molecular weight excluding hydrogens is 322 g/mol. The predicted molar refractivity (Wildman–Crippen MR) is 71.1 cm³/mol. The van der Waals surface area contributed by atoms with E-state index in [-0.39, 0.29) is 17.2 Å². The number of amides is 2. The summed E-state index contributed by atoms with van der Waals surface area (Å²) in [5.74, 6) is -1.69. The third-order valence-electron chi connectivity index (χ3n) is 2.72. The third-order valence-corrected chi connectivity index (χ3v) is 2.72. The fourth-order valence-corrected chi connectivity index (χ4v) is 1.83. The molecule has 0 aromatic heterocycles. The van der Waals surface area contributed by atoms with Gasteiger partial charge in [0.25, 0.3) is 24.7 Å². The number of hydrogen-bond donors (Lipinski definition) is 0. The highest BCUT2D eigenvalue weighted by atomic mass is 19.3. The fraction of sp³-hybridized carbons (Fsp3) is 0.286. The van der Waals surface area contributed by atoms with Crippen LogP contribution in [0, 0.1) is 0 Å². The van der Waals surface area contributed by atoms with Crippen molar-refractivity contribution < 1.29 is 36.6 Å². The second-order valence-corrected chi connectivity index (χ2v) is 4.38. The highest BCUT2D eigenvalue weighted by molar-refractivity contribution is 6.28. The number of anilines is 1. The minimum Gasteiger partial charge on any atom is -0.484 e. The Hall–Kier alpha value is -2.58. The molecule has 0 N–H and O–H groups in total. The van der Waals surface area contributed by atoms with Crippen LogP contribution in [-0.2, 0) is 9.59 Å². The number of halogens is 4. The Morgan fingerprint density at radius 2 is 1.39 bits per heavy atom. The van der Waals surface area contributed by atoms with Gasteiger partial charge in [-0.25, -0.2) is 22.5 Å². The molecule has 1 aliphatic heterocycles. The molecule has 0 bridgehead atoms. The van der Waals surface area contributed by atoms with E-state index in [1.165, 1.54) is 6.07 Å². The monoisotopic (exact) mass is 333 g/mol. The fourth-order valence-electron chi connectivity index (χ4n) is 1.83. The molecule has 0 saturated heterocycles. The maximum atomic E-state index is 12.3. The lowest BCUT2D eigenvalue weighted by molar-refractivity contribution is -0.119. The minimum atomic E-state index is -2.79. The molecule has 1 heterocycles. The molecule has 0 atom stereocenters. The van der Waals surface area contributed by atoms with E-state index in [0.717, 1.165) is 29.2 Å². The molecule has 0 saturated carbocycles. The summed E-state index contributed by atoms with van der Waals surface area (Å²) in [7, 11) is 0. The summed E-state index contributed by atoms with van der Waals surface area (Å²) in [6.07, 6.45) is -3.46. The van der Waals surface area contributed by atoms with Crippen molar-refractivity contribution in [1.29, 1.82) is 0 Å². The van der Waals surface area contributed by atoms with Crippen LogP contribution in [0.15, 0.2) is 30.4 Å². The molecule has 2 rings (SSSR count). The zero-order valence-corrected chi connectivity index (χ0v) is 11.5. The van der Waals surface area contributed by atoms with Gasteiger partial charge in [0.1, 0.15) is 13.2 Å². The van der Waals surface area contributed by atoms with Crippen molar-refractivity contribution in [2.45, 2.75) is 12.9 Å². The van der Waals surface area contributed by atoms with Crippen LogP contribution >= 0.6 is 0 Å².